The maximum atomic E-state index is 9.70. The summed E-state index contributed by atoms with van der Waals surface area (Å²) in [4.78, 5) is 0. The normalized spacial score (nSPS) is 13.1. The van der Waals surface area contributed by atoms with E-state index in [1.807, 2.05) is 18.2 Å². The quantitative estimate of drug-likeness (QED) is 0.215. The van der Waals surface area contributed by atoms with Crippen LogP contribution in [0.5, 0.6) is 34.5 Å². The Morgan fingerprint density at radius 1 is 0.512 bits per heavy atom. The smallest absolute Gasteiger partial charge is 0.270 e. The van der Waals surface area contributed by atoms with Crippen LogP contribution in [0, 0.1) is 11.3 Å². The van der Waals surface area contributed by atoms with Gasteiger partial charge in [0.1, 0.15) is 34.5 Å². The summed E-state index contributed by atoms with van der Waals surface area (Å²) in [6.07, 6.45) is 0. The van der Waals surface area contributed by atoms with Crippen molar-refractivity contribution in [2.75, 3.05) is 0 Å². The summed E-state index contributed by atoms with van der Waals surface area (Å²) in [5, 5.41) is 12.2. The molecule has 0 atom stereocenters. The van der Waals surface area contributed by atoms with Crippen LogP contribution in [0.3, 0.4) is 0 Å². The Hall–Kier alpha value is -5.93. The van der Waals surface area contributed by atoms with E-state index in [0.717, 1.165) is 56.2 Å². The van der Waals surface area contributed by atoms with Gasteiger partial charge in [0, 0.05) is 32.8 Å². The van der Waals surface area contributed by atoms with Gasteiger partial charge in [-0.2, -0.15) is 5.26 Å². The first kappa shape index (κ1) is 22.7. The fourth-order valence-electron chi connectivity index (χ4n) is 7.12. The van der Waals surface area contributed by atoms with Crippen LogP contribution in [0.2, 0.25) is 0 Å². The van der Waals surface area contributed by atoms with Crippen molar-refractivity contribution in [2.24, 2.45) is 0 Å². The van der Waals surface area contributed by atoms with Crippen LogP contribution in [0.25, 0.3) is 38.6 Å². The molecule has 1 aromatic heterocycles. The lowest BCUT2D eigenvalue weighted by molar-refractivity contribution is 0.443. The Bertz CT molecular complexity index is 2350. The van der Waals surface area contributed by atoms with Crippen LogP contribution >= 0.6 is 0 Å². The van der Waals surface area contributed by atoms with Gasteiger partial charge >= 0.3 is 0 Å². The number of nitrogens with zero attached hydrogens (tertiary/aromatic N) is 2. The van der Waals surface area contributed by atoms with E-state index >= 15 is 0 Å². The molecule has 4 heterocycles. The van der Waals surface area contributed by atoms with Crippen LogP contribution in [0.1, 0.15) is 5.56 Å². The maximum absolute atomic E-state index is 9.70. The molecule has 0 fully saturated rings. The van der Waals surface area contributed by atoms with Gasteiger partial charge in [0.25, 0.3) is 6.71 Å². The van der Waals surface area contributed by atoms with E-state index in [4.69, 9.17) is 14.2 Å². The van der Waals surface area contributed by atoms with E-state index in [1.165, 1.54) is 21.8 Å². The number of hydrogen-bond donors (Lipinski definition) is 0. The lowest BCUT2D eigenvalue weighted by Gasteiger charge is -2.37. The molecule has 0 aliphatic carbocycles. The number of para-hydroxylation sites is 2. The zero-order chi connectivity index (χ0) is 28.2. The van der Waals surface area contributed by atoms with Crippen molar-refractivity contribution in [2.45, 2.75) is 0 Å². The average molecular weight is 550 g/mol. The van der Waals surface area contributed by atoms with Gasteiger partial charge < -0.3 is 18.8 Å². The third-order valence-electron chi connectivity index (χ3n) is 8.93. The molecular weight excluding hydrogens is 531 g/mol. The van der Waals surface area contributed by atoms with Crippen molar-refractivity contribution in [1.82, 2.24) is 4.57 Å². The Morgan fingerprint density at radius 2 is 1.02 bits per heavy atom. The van der Waals surface area contributed by atoms with E-state index in [1.54, 1.807) is 12.1 Å². The first-order chi connectivity index (χ1) is 21.2. The van der Waals surface area contributed by atoms with Crippen LogP contribution in [-0.2, 0) is 0 Å². The lowest BCUT2D eigenvalue weighted by atomic mass is 9.34. The third-order valence-corrected chi connectivity index (χ3v) is 8.93. The van der Waals surface area contributed by atoms with Gasteiger partial charge in [0.05, 0.1) is 22.7 Å². The minimum absolute atomic E-state index is 0.0862. The molecule has 10 rings (SSSR count). The number of rotatable bonds is 2. The highest BCUT2D eigenvalue weighted by molar-refractivity contribution is 6.99. The van der Waals surface area contributed by atoms with Crippen molar-refractivity contribution in [3.63, 3.8) is 0 Å². The standard InChI is InChI=1S/C37H19BN2O3/c39-20-21-16-31-36-32(17-21)43-34-19-23(18-33-37(34)38(36)35-29(41-31)10-5-11-30(35)42-33)22-12-14-24(15-13-22)40-27-8-3-1-6-25(27)26-7-2-4-9-28(26)40/h1-19H. The van der Waals surface area contributed by atoms with E-state index < -0.39 is 0 Å². The topological polar surface area (TPSA) is 56.4 Å². The Labute approximate surface area is 246 Å². The minimum atomic E-state index is -0.0862. The number of benzene rings is 6. The molecule has 3 aliphatic heterocycles. The molecule has 7 aromatic rings. The van der Waals surface area contributed by atoms with Crippen LogP contribution < -0.4 is 30.6 Å². The molecule has 0 bridgehead atoms. The Kier molecular flexibility index (Phi) is 4.28. The monoisotopic (exact) mass is 550 g/mol. The van der Waals surface area contributed by atoms with E-state index in [-0.39, 0.29) is 6.71 Å². The summed E-state index contributed by atoms with van der Waals surface area (Å²) in [5.74, 6) is 4.35. The van der Waals surface area contributed by atoms with Gasteiger partial charge in [-0.1, -0.05) is 54.6 Å². The highest BCUT2D eigenvalue weighted by atomic mass is 16.5. The molecule has 6 heteroatoms. The molecule has 0 spiro atoms. The number of aromatic nitrogens is 1. The average Bonchev–Trinajstić information content (AvgIpc) is 3.39. The molecule has 0 radical (unpaired) electrons. The molecule has 0 amide bonds. The summed E-state index contributed by atoms with van der Waals surface area (Å²) in [6, 6.07) is 41.6. The Morgan fingerprint density at radius 3 is 1.60 bits per heavy atom. The highest BCUT2D eigenvalue weighted by Gasteiger charge is 2.46. The summed E-state index contributed by atoms with van der Waals surface area (Å²) in [7, 11) is 0. The van der Waals surface area contributed by atoms with E-state index in [2.05, 4.69) is 95.6 Å². The van der Waals surface area contributed by atoms with Gasteiger partial charge in [-0.3, -0.25) is 0 Å². The predicted octanol–water partition coefficient (Wildman–Crippen LogP) is 7.16. The molecule has 3 aliphatic rings. The number of nitriles is 1. The zero-order valence-electron chi connectivity index (χ0n) is 22.7. The molecule has 0 saturated carbocycles. The summed E-state index contributed by atoms with van der Waals surface area (Å²) < 4.78 is 21.6. The van der Waals surface area contributed by atoms with Gasteiger partial charge in [-0.05, 0) is 71.8 Å². The maximum Gasteiger partial charge on any atom is 0.270 e. The summed E-state index contributed by atoms with van der Waals surface area (Å²) >= 11 is 0. The van der Waals surface area contributed by atoms with Crippen molar-refractivity contribution in [3.8, 4) is 57.4 Å². The SMILES string of the molecule is N#Cc1cc2c3c(c1)Oc1cc(-c4ccc(-n5c6ccccc6c6ccccc65)cc4)cc4c1B3c1c(cccc1O4)O2. The van der Waals surface area contributed by atoms with Gasteiger partial charge in [-0.25, -0.2) is 0 Å². The van der Waals surface area contributed by atoms with E-state index in [9.17, 15) is 5.26 Å². The summed E-state index contributed by atoms with van der Waals surface area (Å²) in [6.45, 7) is -0.0862. The third kappa shape index (κ3) is 3.00. The van der Waals surface area contributed by atoms with Gasteiger partial charge in [0.15, 0.2) is 0 Å². The predicted molar refractivity (Wildman–Crippen MR) is 169 cm³/mol. The zero-order valence-corrected chi connectivity index (χ0v) is 22.7. The molecule has 0 N–H and O–H groups in total. The van der Waals surface area contributed by atoms with Crippen molar-refractivity contribution in [3.05, 3.63) is 121 Å². The fraction of sp³-hybridized carbons (Fsp3) is 0. The van der Waals surface area contributed by atoms with Crippen molar-refractivity contribution < 1.29 is 14.2 Å². The largest absolute Gasteiger partial charge is 0.458 e. The van der Waals surface area contributed by atoms with Crippen LogP contribution in [0.4, 0.5) is 0 Å². The molecular formula is C37H19BN2O3. The molecule has 6 aromatic carbocycles. The van der Waals surface area contributed by atoms with Gasteiger partial charge in [-0.15, -0.1) is 0 Å². The van der Waals surface area contributed by atoms with E-state index in [0.29, 0.717) is 17.1 Å². The molecule has 0 unspecified atom stereocenters. The van der Waals surface area contributed by atoms with Crippen LogP contribution in [0.15, 0.2) is 115 Å². The second-order valence-electron chi connectivity index (χ2n) is 11.2. The second-order valence-corrected chi connectivity index (χ2v) is 11.2. The lowest BCUT2D eigenvalue weighted by Crippen LogP contribution is -2.59. The number of ether oxygens (including phenoxy) is 3. The molecule has 5 nitrogen and oxygen atoms in total. The van der Waals surface area contributed by atoms with Crippen molar-refractivity contribution in [1.29, 1.82) is 5.26 Å². The Balaban J connectivity index is 1.13. The van der Waals surface area contributed by atoms with Crippen molar-refractivity contribution >= 4 is 44.9 Å². The molecule has 0 saturated heterocycles. The highest BCUT2D eigenvalue weighted by Crippen LogP contribution is 2.44. The first-order valence-corrected chi connectivity index (χ1v) is 14.3. The molecule has 198 valence electrons. The molecule has 43 heavy (non-hydrogen) atoms. The number of hydrogen-bond acceptors (Lipinski definition) is 4. The first-order valence-electron chi connectivity index (χ1n) is 14.3. The fourth-order valence-corrected chi connectivity index (χ4v) is 7.12. The second kappa shape index (κ2) is 8.09. The van der Waals surface area contributed by atoms with Gasteiger partial charge in [0.2, 0.25) is 0 Å². The van der Waals surface area contributed by atoms with Crippen LogP contribution in [-0.4, -0.2) is 11.3 Å². The number of fused-ring (bicyclic) bond motifs is 3. The summed E-state index contributed by atoms with van der Waals surface area (Å²) in [5.41, 5.74) is 8.95. The minimum Gasteiger partial charge on any atom is -0.458 e.